The van der Waals surface area contributed by atoms with E-state index in [-0.39, 0.29) is 5.56 Å². The maximum absolute atomic E-state index is 12.0. The summed E-state index contributed by atoms with van der Waals surface area (Å²) in [6.07, 6.45) is 1.73. The zero-order chi connectivity index (χ0) is 14.8. The van der Waals surface area contributed by atoms with Gasteiger partial charge < -0.3 is 5.32 Å². The number of rotatable bonds is 3. The first-order chi connectivity index (χ1) is 10.1. The van der Waals surface area contributed by atoms with Crippen LogP contribution < -0.4 is 10.9 Å². The highest BCUT2D eigenvalue weighted by Crippen LogP contribution is 2.14. The molecular weight excluding hydrogens is 262 g/mol. The molecule has 1 N–H and O–H groups in total. The normalized spacial score (nSPS) is 10.8. The minimum Gasteiger partial charge on any atom is -0.379 e. The van der Waals surface area contributed by atoms with Gasteiger partial charge in [0, 0.05) is 18.0 Å². The minimum absolute atomic E-state index is 0.0576. The molecule has 0 saturated carbocycles. The number of benzene rings is 1. The molecule has 2 heterocycles. The Hall–Kier alpha value is -2.62. The Balaban J connectivity index is 1.86. The number of fused-ring (bicyclic) bond motifs is 1. The SMILES string of the molecule is Cc1cc(C)cc(NCc2cc(=O)n3ccccc3n2)c1. The number of aromatic nitrogens is 2. The van der Waals surface area contributed by atoms with Gasteiger partial charge in [-0.15, -0.1) is 0 Å². The van der Waals surface area contributed by atoms with Gasteiger partial charge in [0.15, 0.2) is 0 Å². The Morgan fingerprint density at radius 2 is 1.86 bits per heavy atom. The van der Waals surface area contributed by atoms with E-state index in [1.807, 2.05) is 18.2 Å². The first-order valence-corrected chi connectivity index (χ1v) is 6.91. The van der Waals surface area contributed by atoms with E-state index < -0.39 is 0 Å². The van der Waals surface area contributed by atoms with Crippen LogP contribution in [-0.2, 0) is 6.54 Å². The van der Waals surface area contributed by atoms with E-state index in [2.05, 4.69) is 42.3 Å². The van der Waals surface area contributed by atoms with Crippen molar-refractivity contribution in [2.75, 3.05) is 5.32 Å². The fraction of sp³-hybridized carbons (Fsp3) is 0.176. The molecular formula is C17H17N3O. The van der Waals surface area contributed by atoms with Crippen LogP contribution in [0.4, 0.5) is 5.69 Å². The topological polar surface area (TPSA) is 46.4 Å². The van der Waals surface area contributed by atoms with Crippen LogP contribution in [0.1, 0.15) is 16.8 Å². The molecule has 4 heteroatoms. The quantitative estimate of drug-likeness (QED) is 0.802. The smallest absolute Gasteiger partial charge is 0.258 e. The molecule has 106 valence electrons. The third kappa shape index (κ3) is 2.94. The third-order valence-corrected chi connectivity index (χ3v) is 3.32. The summed E-state index contributed by atoms with van der Waals surface area (Å²) in [6, 6.07) is 13.4. The zero-order valence-corrected chi connectivity index (χ0v) is 12.1. The Morgan fingerprint density at radius 3 is 2.62 bits per heavy atom. The second-order valence-corrected chi connectivity index (χ2v) is 5.24. The van der Waals surface area contributed by atoms with Crippen LogP contribution >= 0.6 is 0 Å². The van der Waals surface area contributed by atoms with Gasteiger partial charge in [-0.25, -0.2) is 4.98 Å². The fourth-order valence-corrected chi connectivity index (χ4v) is 2.46. The molecule has 0 aliphatic carbocycles. The summed E-state index contributed by atoms with van der Waals surface area (Å²) in [7, 11) is 0. The molecule has 21 heavy (non-hydrogen) atoms. The molecule has 1 aromatic carbocycles. The highest BCUT2D eigenvalue weighted by molar-refractivity contribution is 5.48. The highest BCUT2D eigenvalue weighted by Gasteiger charge is 2.02. The molecule has 0 unspecified atom stereocenters. The number of pyridine rings is 1. The van der Waals surface area contributed by atoms with Crippen molar-refractivity contribution in [2.24, 2.45) is 0 Å². The van der Waals surface area contributed by atoms with Crippen molar-refractivity contribution in [1.29, 1.82) is 0 Å². The molecule has 3 aromatic rings. The lowest BCUT2D eigenvalue weighted by molar-refractivity contribution is 0.971. The van der Waals surface area contributed by atoms with E-state index in [0.717, 1.165) is 11.4 Å². The van der Waals surface area contributed by atoms with Gasteiger partial charge in [-0.2, -0.15) is 0 Å². The number of aryl methyl sites for hydroxylation is 2. The molecule has 0 aliphatic rings. The van der Waals surface area contributed by atoms with E-state index in [1.165, 1.54) is 11.1 Å². The lowest BCUT2D eigenvalue weighted by atomic mass is 10.1. The summed E-state index contributed by atoms with van der Waals surface area (Å²) < 4.78 is 1.54. The van der Waals surface area contributed by atoms with Crippen LogP contribution in [0, 0.1) is 13.8 Å². The fourth-order valence-electron chi connectivity index (χ4n) is 2.46. The summed E-state index contributed by atoms with van der Waals surface area (Å²) in [4.78, 5) is 16.5. The van der Waals surface area contributed by atoms with Gasteiger partial charge in [0.1, 0.15) is 5.65 Å². The van der Waals surface area contributed by atoms with E-state index in [1.54, 1.807) is 16.7 Å². The molecule has 4 nitrogen and oxygen atoms in total. The molecule has 0 atom stereocenters. The Kier molecular flexibility index (Phi) is 3.44. The molecule has 0 amide bonds. The van der Waals surface area contributed by atoms with Crippen molar-refractivity contribution in [2.45, 2.75) is 20.4 Å². The molecule has 2 aromatic heterocycles. The molecule has 3 rings (SSSR count). The monoisotopic (exact) mass is 279 g/mol. The van der Waals surface area contributed by atoms with Crippen molar-refractivity contribution in [3.63, 3.8) is 0 Å². The average Bonchev–Trinajstić information content (AvgIpc) is 2.44. The van der Waals surface area contributed by atoms with Crippen LogP contribution in [-0.4, -0.2) is 9.38 Å². The number of nitrogens with one attached hydrogen (secondary N) is 1. The molecule has 0 spiro atoms. The second-order valence-electron chi connectivity index (χ2n) is 5.24. The van der Waals surface area contributed by atoms with E-state index in [9.17, 15) is 4.79 Å². The summed E-state index contributed by atoms with van der Waals surface area (Å²) in [5, 5.41) is 3.32. The number of nitrogens with zero attached hydrogens (tertiary/aromatic N) is 2. The Labute approximate surface area is 123 Å². The van der Waals surface area contributed by atoms with Crippen molar-refractivity contribution < 1.29 is 0 Å². The van der Waals surface area contributed by atoms with Crippen LogP contribution in [0.25, 0.3) is 5.65 Å². The van der Waals surface area contributed by atoms with Crippen LogP contribution in [0.3, 0.4) is 0 Å². The summed E-state index contributed by atoms with van der Waals surface area (Å²) in [5.41, 5.74) is 4.82. The minimum atomic E-state index is -0.0576. The molecule has 0 aliphatic heterocycles. The first kappa shape index (κ1) is 13.4. The van der Waals surface area contributed by atoms with Gasteiger partial charge in [-0.3, -0.25) is 9.20 Å². The van der Waals surface area contributed by atoms with E-state index in [0.29, 0.717) is 12.2 Å². The standard InChI is InChI=1S/C17H17N3O/c1-12-7-13(2)9-14(8-12)18-11-15-10-17(21)20-6-4-3-5-16(20)19-15/h3-10,18H,11H2,1-2H3. The van der Waals surface area contributed by atoms with E-state index >= 15 is 0 Å². The summed E-state index contributed by atoms with van der Waals surface area (Å²) in [6.45, 7) is 4.67. The molecule has 0 bridgehead atoms. The van der Waals surface area contributed by atoms with Gasteiger partial charge in [0.2, 0.25) is 0 Å². The van der Waals surface area contributed by atoms with Gasteiger partial charge in [0.05, 0.1) is 12.2 Å². The first-order valence-electron chi connectivity index (χ1n) is 6.91. The maximum Gasteiger partial charge on any atom is 0.258 e. The number of hydrogen-bond acceptors (Lipinski definition) is 3. The van der Waals surface area contributed by atoms with E-state index in [4.69, 9.17) is 0 Å². The van der Waals surface area contributed by atoms with Gasteiger partial charge in [-0.1, -0.05) is 12.1 Å². The number of anilines is 1. The second kappa shape index (κ2) is 5.40. The largest absolute Gasteiger partial charge is 0.379 e. The van der Waals surface area contributed by atoms with Crippen molar-refractivity contribution >= 4 is 11.3 Å². The Bertz CT molecular complexity index is 832. The Morgan fingerprint density at radius 1 is 1.10 bits per heavy atom. The van der Waals surface area contributed by atoms with Crippen molar-refractivity contribution in [3.8, 4) is 0 Å². The average molecular weight is 279 g/mol. The van der Waals surface area contributed by atoms with Gasteiger partial charge in [0.25, 0.3) is 5.56 Å². The molecule has 0 radical (unpaired) electrons. The van der Waals surface area contributed by atoms with Crippen LogP contribution in [0.2, 0.25) is 0 Å². The van der Waals surface area contributed by atoms with Gasteiger partial charge in [-0.05, 0) is 49.2 Å². The van der Waals surface area contributed by atoms with Crippen molar-refractivity contribution in [3.05, 3.63) is 75.8 Å². The van der Waals surface area contributed by atoms with Crippen LogP contribution in [0.5, 0.6) is 0 Å². The van der Waals surface area contributed by atoms with Gasteiger partial charge >= 0.3 is 0 Å². The highest BCUT2D eigenvalue weighted by atomic mass is 16.1. The van der Waals surface area contributed by atoms with Crippen molar-refractivity contribution in [1.82, 2.24) is 9.38 Å². The zero-order valence-electron chi connectivity index (χ0n) is 12.1. The lowest BCUT2D eigenvalue weighted by Gasteiger charge is -2.09. The van der Waals surface area contributed by atoms with Crippen LogP contribution in [0.15, 0.2) is 53.5 Å². The predicted molar refractivity (Wildman–Crippen MR) is 84.7 cm³/mol. The predicted octanol–water partition coefficient (Wildman–Crippen LogP) is 2.92. The molecule has 0 saturated heterocycles. The summed E-state index contributed by atoms with van der Waals surface area (Å²) >= 11 is 0. The molecule has 0 fully saturated rings. The maximum atomic E-state index is 12.0. The number of hydrogen-bond donors (Lipinski definition) is 1. The lowest BCUT2D eigenvalue weighted by Crippen LogP contribution is -2.16. The third-order valence-electron chi connectivity index (χ3n) is 3.32. The summed E-state index contributed by atoms with van der Waals surface area (Å²) in [5.74, 6) is 0.